The highest BCUT2D eigenvalue weighted by Gasteiger charge is 1.94. The van der Waals surface area contributed by atoms with Crippen molar-refractivity contribution in [2.45, 2.75) is 52.4 Å². The highest BCUT2D eigenvalue weighted by Crippen LogP contribution is 1.99. The molecule has 0 aromatic rings. The van der Waals surface area contributed by atoms with Crippen molar-refractivity contribution in [2.24, 2.45) is 0 Å². The number of esters is 1. The normalized spacial score (nSPS) is 10.7. The largest absolute Gasteiger partial charge is 0.463 e. The van der Waals surface area contributed by atoms with Crippen LogP contribution in [-0.2, 0) is 9.53 Å². The molecule has 0 unspecified atom stereocenters. The molecule has 0 aromatic carbocycles. The second kappa shape index (κ2) is 10.3. The summed E-state index contributed by atoms with van der Waals surface area (Å²) in [7, 11) is 0. The van der Waals surface area contributed by atoms with Crippen LogP contribution < -0.4 is 0 Å². The molecule has 82 valence electrons. The van der Waals surface area contributed by atoms with Gasteiger partial charge in [0.15, 0.2) is 0 Å². The maximum Gasteiger partial charge on any atom is 0.330 e. The van der Waals surface area contributed by atoms with Crippen LogP contribution in [0.25, 0.3) is 0 Å². The molecule has 0 aliphatic rings. The van der Waals surface area contributed by atoms with Crippen LogP contribution in [0.1, 0.15) is 52.4 Å². The maximum atomic E-state index is 11.0. The minimum atomic E-state index is -0.199. The van der Waals surface area contributed by atoms with Gasteiger partial charge in [-0.15, -0.1) is 0 Å². The third kappa shape index (κ3) is 9.30. The molecule has 0 aliphatic heterocycles. The highest BCUT2D eigenvalue weighted by molar-refractivity contribution is 5.81. The molecule has 0 aliphatic carbocycles. The molecule has 0 heterocycles. The third-order valence-electron chi connectivity index (χ3n) is 1.97. The van der Waals surface area contributed by atoms with Gasteiger partial charge in [-0.3, -0.25) is 0 Å². The van der Waals surface area contributed by atoms with Gasteiger partial charge in [0.1, 0.15) is 0 Å². The van der Waals surface area contributed by atoms with Gasteiger partial charge in [0.05, 0.1) is 6.61 Å². The predicted molar refractivity (Wildman–Crippen MR) is 59.1 cm³/mol. The van der Waals surface area contributed by atoms with Crippen molar-refractivity contribution in [1.82, 2.24) is 0 Å². The molecular formula is C12H22O2. The lowest BCUT2D eigenvalue weighted by Gasteiger charge is -1.98. The van der Waals surface area contributed by atoms with E-state index >= 15 is 0 Å². The van der Waals surface area contributed by atoms with Crippen molar-refractivity contribution in [3.05, 3.63) is 12.2 Å². The van der Waals surface area contributed by atoms with E-state index in [1.807, 2.05) is 6.08 Å². The molecule has 0 atom stereocenters. The number of allylic oxidation sites excluding steroid dienone is 1. The second-order valence-electron chi connectivity index (χ2n) is 3.42. The van der Waals surface area contributed by atoms with E-state index in [1.165, 1.54) is 12.8 Å². The van der Waals surface area contributed by atoms with Crippen molar-refractivity contribution >= 4 is 5.97 Å². The average Bonchev–Trinajstić information content (AvgIpc) is 2.18. The third-order valence-corrected chi connectivity index (χ3v) is 1.97. The van der Waals surface area contributed by atoms with Gasteiger partial charge >= 0.3 is 5.97 Å². The molecule has 0 fully saturated rings. The fourth-order valence-electron chi connectivity index (χ4n) is 1.06. The Labute approximate surface area is 87.3 Å². The molecule has 0 N–H and O–H groups in total. The van der Waals surface area contributed by atoms with Crippen LogP contribution in [0, 0.1) is 0 Å². The van der Waals surface area contributed by atoms with Crippen molar-refractivity contribution < 1.29 is 9.53 Å². The van der Waals surface area contributed by atoms with Gasteiger partial charge in [-0.1, -0.05) is 39.2 Å². The van der Waals surface area contributed by atoms with E-state index in [-0.39, 0.29) is 5.97 Å². The molecule has 0 amide bonds. The Morgan fingerprint density at radius 2 is 1.86 bits per heavy atom. The Hall–Kier alpha value is -0.790. The first-order chi connectivity index (χ1) is 6.81. The number of unbranched alkanes of at least 4 members (excludes halogenated alkanes) is 4. The molecular weight excluding hydrogens is 176 g/mol. The number of carbonyl (C=O) groups excluding carboxylic acids is 1. The zero-order valence-electron chi connectivity index (χ0n) is 9.42. The number of rotatable bonds is 8. The molecule has 0 rings (SSSR count). The summed E-state index contributed by atoms with van der Waals surface area (Å²) in [4.78, 5) is 11.0. The van der Waals surface area contributed by atoms with Crippen molar-refractivity contribution in [1.29, 1.82) is 0 Å². The van der Waals surface area contributed by atoms with E-state index in [2.05, 4.69) is 13.8 Å². The topological polar surface area (TPSA) is 26.3 Å². The summed E-state index contributed by atoms with van der Waals surface area (Å²) in [5, 5.41) is 0. The van der Waals surface area contributed by atoms with Crippen molar-refractivity contribution in [3.8, 4) is 0 Å². The fraction of sp³-hybridized carbons (Fsp3) is 0.750. The molecule has 2 nitrogen and oxygen atoms in total. The fourth-order valence-corrected chi connectivity index (χ4v) is 1.06. The Balaban J connectivity index is 3.32. The zero-order valence-corrected chi connectivity index (χ0v) is 9.42. The molecule has 0 saturated heterocycles. The van der Waals surface area contributed by atoms with Crippen molar-refractivity contribution in [3.63, 3.8) is 0 Å². The van der Waals surface area contributed by atoms with E-state index < -0.39 is 0 Å². The smallest absolute Gasteiger partial charge is 0.330 e. The summed E-state index contributed by atoms with van der Waals surface area (Å²) in [6, 6.07) is 0. The summed E-state index contributed by atoms with van der Waals surface area (Å²) in [5.74, 6) is -0.199. The van der Waals surface area contributed by atoms with Gasteiger partial charge in [-0.05, 0) is 19.3 Å². The molecule has 0 aromatic heterocycles. The van der Waals surface area contributed by atoms with Crippen LogP contribution in [0.4, 0.5) is 0 Å². The molecule has 14 heavy (non-hydrogen) atoms. The molecule has 0 bridgehead atoms. The van der Waals surface area contributed by atoms with Crippen LogP contribution in [0.5, 0.6) is 0 Å². The van der Waals surface area contributed by atoms with Crippen molar-refractivity contribution in [2.75, 3.05) is 6.61 Å². The van der Waals surface area contributed by atoms with E-state index in [1.54, 1.807) is 6.08 Å². The Morgan fingerprint density at radius 3 is 2.50 bits per heavy atom. The zero-order chi connectivity index (χ0) is 10.6. The van der Waals surface area contributed by atoms with Crippen LogP contribution in [0.15, 0.2) is 12.2 Å². The summed E-state index contributed by atoms with van der Waals surface area (Å²) in [6.45, 7) is 4.80. The number of hydrogen-bond donors (Lipinski definition) is 0. The van der Waals surface area contributed by atoms with Gasteiger partial charge in [-0.2, -0.15) is 0 Å². The molecule has 0 spiro atoms. The standard InChI is InChI=1S/C12H22O2/c1-3-5-7-8-9-10-12(13)14-11-6-4-2/h9-10H,3-8,11H2,1-2H3/b10-9+. The summed E-state index contributed by atoms with van der Waals surface area (Å²) >= 11 is 0. The molecule has 2 heteroatoms. The Morgan fingerprint density at radius 1 is 1.14 bits per heavy atom. The summed E-state index contributed by atoms with van der Waals surface area (Å²) in [5.41, 5.74) is 0. The van der Waals surface area contributed by atoms with Gasteiger partial charge in [0.2, 0.25) is 0 Å². The minimum Gasteiger partial charge on any atom is -0.463 e. The minimum absolute atomic E-state index is 0.199. The van der Waals surface area contributed by atoms with E-state index in [0.717, 1.165) is 25.7 Å². The van der Waals surface area contributed by atoms with E-state index in [9.17, 15) is 4.79 Å². The van der Waals surface area contributed by atoms with Crippen LogP contribution in [-0.4, -0.2) is 12.6 Å². The lowest BCUT2D eigenvalue weighted by atomic mass is 10.2. The average molecular weight is 198 g/mol. The van der Waals surface area contributed by atoms with E-state index in [4.69, 9.17) is 4.74 Å². The quantitative estimate of drug-likeness (QED) is 0.339. The highest BCUT2D eigenvalue weighted by atomic mass is 16.5. The number of ether oxygens (including phenoxy) is 1. The van der Waals surface area contributed by atoms with Gasteiger partial charge in [0.25, 0.3) is 0 Å². The van der Waals surface area contributed by atoms with E-state index in [0.29, 0.717) is 6.61 Å². The van der Waals surface area contributed by atoms with Gasteiger partial charge < -0.3 is 4.74 Å². The van der Waals surface area contributed by atoms with Crippen LogP contribution in [0.2, 0.25) is 0 Å². The molecule has 0 radical (unpaired) electrons. The first-order valence-electron chi connectivity index (χ1n) is 5.64. The monoisotopic (exact) mass is 198 g/mol. The summed E-state index contributed by atoms with van der Waals surface area (Å²) < 4.78 is 4.96. The van der Waals surface area contributed by atoms with Gasteiger partial charge in [-0.25, -0.2) is 4.79 Å². The lowest BCUT2D eigenvalue weighted by Crippen LogP contribution is -2.01. The first-order valence-corrected chi connectivity index (χ1v) is 5.64. The Kier molecular flexibility index (Phi) is 9.71. The van der Waals surface area contributed by atoms with Crippen LogP contribution >= 0.6 is 0 Å². The number of hydrogen-bond acceptors (Lipinski definition) is 2. The van der Waals surface area contributed by atoms with Gasteiger partial charge in [0, 0.05) is 6.08 Å². The molecule has 0 saturated carbocycles. The predicted octanol–water partition coefficient (Wildman–Crippen LogP) is 3.47. The summed E-state index contributed by atoms with van der Waals surface area (Å²) in [6.07, 6.45) is 10.1. The van der Waals surface area contributed by atoms with Crippen LogP contribution in [0.3, 0.4) is 0 Å². The number of carbonyl (C=O) groups is 1. The lowest BCUT2D eigenvalue weighted by molar-refractivity contribution is -0.137. The first kappa shape index (κ1) is 13.2. The second-order valence-corrected chi connectivity index (χ2v) is 3.42. The Bertz CT molecular complexity index is 162. The maximum absolute atomic E-state index is 11.0. The SMILES string of the molecule is CCCCC/C=C/C(=O)OCCCC.